The Bertz CT molecular complexity index is 409. The van der Waals surface area contributed by atoms with Crippen molar-refractivity contribution >= 4 is 5.97 Å². The number of rotatable bonds is 3. The minimum atomic E-state index is -1.04. The smallest absolute Gasteiger partial charge is 0.323 e. The molecular formula is C9H12N2O3. The zero-order chi connectivity index (χ0) is 10.7. The standard InChI is InChI=1S/C9H12N2O3/c1-3-7-6(2)10-5-11(9(7)14)4-8(12)13/h5H,3-4H2,1-2H3,(H,12,13). The first-order valence-corrected chi connectivity index (χ1v) is 4.33. The van der Waals surface area contributed by atoms with Crippen LogP contribution in [0.15, 0.2) is 11.1 Å². The number of aryl methyl sites for hydroxylation is 1. The second kappa shape index (κ2) is 4.04. The summed E-state index contributed by atoms with van der Waals surface area (Å²) < 4.78 is 1.11. The summed E-state index contributed by atoms with van der Waals surface area (Å²) in [6, 6.07) is 0. The van der Waals surface area contributed by atoms with Gasteiger partial charge in [-0.2, -0.15) is 0 Å². The lowest BCUT2D eigenvalue weighted by Gasteiger charge is -2.05. The summed E-state index contributed by atoms with van der Waals surface area (Å²) in [4.78, 5) is 26.0. The number of aromatic nitrogens is 2. The molecular weight excluding hydrogens is 184 g/mol. The molecule has 1 rings (SSSR count). The Hall–Kier alpha value is -1.65. The predicted molar refractivity (Wildman–Crippen MR) is 50.2 cm³/mol. The molecule has 0 saturated carbocycles. The fourth-order valence-electron chi connectivity index (χ4n) is 1.28. The van der Waals surface area contributed by atoms with E-state index in [9.17, 15) is 9.59 Å². The Kier molecular flexibility index (Phi) is 3.01. The molecule has 1 heterocycles. The molecule has 0 atom stereocenters. The number of carbonyl (C=O) groups is 1. The normalized spacial score (nSPS) is 10.1. The minimum absolute atomic E-state index is 0.262. The van der Waals surface area contributed by atoms with Gasteiger partial charge < -0.3 is 5.11 Å². The van der Waals surface area contributed by atoms with Gasteiger partial charge in [-0.25, -0.2) is 4.98 Å². The molecule has 0 saturated heterocycles. The Labute approximate surface area is 81.0 Å². The first-order valence-electron chi connectivity index (χ1n) is 4.33. The zero-order valence-electron chi connectivity index (χ0n) is 8.15. The SMILES string of the molecule is CCc1c(C)ncn(CC(=O)O)c1=O. The molecule has 0 aliphatic rings. The van der Waals surface area contributed by atoms with Crippen molar-refractivity contribution in [3.8, 4) is 0 Å². The van der Waals surface area contributed by atoms with Gasteiger partial charge in [0.25, 0.3) is 5.56 Å². The van der Waals surface area contributed by atoms with E-state index in [1.165, 1.54) is 6.33 Å². The van der Waals surface area contributed by atoms with Crippen LogP contribution < -0.4 is 5.56 Å². The molecule has 0 radical (unpaired) electrons. The average Bonchev–Trinajstić information content (AvgIpc) is 2.10. The third-order valence-corrected chi connectivity index (χ3v) is 2.01. The monoisotopic (exact) mass is 196 g/mol. The molecule has 76 valence electrons. The van der Waals surface area contributed by atoms with E-state index >= 15 is 0 Å². The first kappa shape index (κ1) is 10.4. The van der Waals surface area contributed by atoms with Crippen LogP contribution in [-0.2, 0) is 17.8 Å². The van der Waals surface area contributed by atoms with E-state index in [1.54, 1.807) is 6.92 Å². The van der Waals surface area contributed by atoms with Crippen LogP contribution in [0.3, 0.4) is 0 Å². The highest BCUT2D eigenvalue weighted by Gasteiger charge is 2.08. The Morgan fingerprint density at radius 3 is 2.79 bits per heavy atom. The lowest BCUT2D eigenvalue weighted by molar-refractivity contribution is -0.137. The highest BCUT2D eigenvalue weighted by molar-refractivity contribution is 5.66. The summed E-state index contributed by atoms with van der Waals surface area (Å²) in [6.45, 7) is 3.25. The van der Waals surface area contributed by atoms with Crippen molar-refractivity contribution in [3.63, 3.8) is 0 Å². The lowest BCUT2D eigenvalue weighted by atomic mass is 10.2. The zero-order valence-corrected chi connectivity index (χ0v) is 8.15. The maximum atomic E-state index is 11.6. The van der Waals surface area contributed by atoms with Gasteiger partial charge in [0.05, 0.1) is 6.33 Å². The molecule has 0 spiro atoms. The third kappa shape index (κ3) is 1.99. The van der Waals surface area contributed by atoms with Crippen LogP contribution in [0.1, 0.15) is 18.2 Å². The van der Waals surface area contributed by atoms with Gasteiger partial charge in [-0.05, 0) is 13.3 Å². The predicted octanol–water partition coefficient (Wildman–Crippen LogP) is 0.199. The second-order valence-corrected chi connectivity index (χ2v) is 2.99. The number of hydrogen-bond donors (Lipinski definition) is 1. The van der Waals surface area contributed by atoms with Crippen LogP contribution in [0.4, 0.5) is 0 Å². The number of carboxylic acid groups (broad SMARTS) is 1. The number of carboxylic acids is 1. The van der Waals surface area contributed by atoms with Crippen molar-refractivity contribution in [2.24, 2.45) is 0 Å². The molecule has 5 heteroatoms. The molecule has 0 aliphatic heterocycles. The van der Waals surface area contributed by atoms with Gasteiger partial charge >= 0.3 is 5.97 Å². The largest absolute Gasteiger partial charge is 0.480 e. The van der Waals surface area contributed by atoms with Gasteiger partial charge in [0.1, 0.15) is 6.54 Å². The van der Waals surface area contributed by atoms with E-state index in [1.807, 2.05) is 6.92 Å². The van der Waals surface area contributed by atoms with Crippen molar-refractivity contribution < 1.29 is 9.90 Å². The topological polar surface area (TPSA) is 72.2 Å². The highest BCUT2D eigenvalue weighted by atomic mass is 16.4. The Morgan fingerprint density at radius 1 is 1.64 bits per heavy atom. The first-order chi connectivity index (χ1) is 6.56. The van der Waals surface area contributed by atoms with Crippen molar-refractivity contribution in [1.29, 1.82) is 0 Å². The molecule has 0 amide bonds. The third-order valence-electron chi connectivity index (χ3n) is 2.01. The summed E-state index contributed by atoms with van der Waals surface area (Å²) in [7, 11) is 0. The van der Waals surface area contributed by atoms with E-state index in [4.69, 9.17) is 5.11 Å². The summed E-state index contributed by atoms with van der Waals surface area (Å²) in [5.74, 6) is -1.04. The maximum Gasteiger partial charge on any atom is 0.323 e. The molecule has 0 bridgehead atoms. The lowest BCUT2D eigenvalue weighted by Crippen LogP contribution is -2.28. The van der Waals surface area contributed by atoms with Crippen LogP contribution in [0, 0.1) is 6.92 Å². The molecule has 1 aromatic rings. The van der Waals surface area contributed by atoms with E-state index in [0.717, 1.165) is 4.57 Å². The molecule has 1 aromatic heterocycles. The van der Waals surface area contributed by atoms with Crippen LogP contribution >= 0.6 is 0 Å². The molecule has 0 unspecified atom stereocenters. The summed E-state index contributed by atoms with van der Waals surface area (Å²) >= 11 is 0. The van der Waals surface area contributed by atoms with E-state index in [-0.39, 0.29) is 12.1 Å². The van der Waals surface area contributed by atoms with Crippen LogP contribution in [-0.4, -0.2) is 20.6 Å². The van der Waals surface area contributed by atoms with E-state index < -0.39 is 5.97 Å². The molecule has 0 fully saturated rings. The van der Waals surface area contributed by atoms with Gasteiger partial charge in [0, 0.05) is 11.3 Å². The Morgan fingerprint density at radius 2 is 2.29 bits per heavy atom. The van der Waals surface area contributed by atoms with Crippen molar-refractivity contribution in [2.45, 2.75) is 26.8 Å². The fourth-order valence-corrected chi connectivity index (χ4v) is 1.28. The van der Waals surface area contributed by atoms with Crippen LogP contribution in [0.25, 0.3) is 0 Å². The van der Waals surface area contributed by atoms with Gasteiger partial charge in [-0.15, -0.1) is 0 Å². The highest BCUT2D eigenvalue weighted by Crippen LogP contribution is 1.98. The van der Waals surface area contributed by atoms with Crippen molar-refractivity contribution in [3.05, 3.63) is 27.9 Å². The van der Waals surface area contributed by atoms with Gasteiger partial charge in [0.2, 0.25) is 0 Å². The molecule has 1 N–H and O–H groups in total. The van der Waals surface area contributed by atoms with E-state index in [0.29, 0.717) is 17.7 Å². The van der Waals surface area contributed by atoms with E-state index in [2.05, 4.69) is 4.98 Å². The molecule has 0 aliphatic carbocycles. The summed E-state index contributed by atoms with van der Waals surface area (Å²) in [6.07, 6.45) is 1.84. The van der Waals surface area contributed by atoms with Crippen LogP contribution in [0.5, 0.6) is 0 Å². The van der Waals surface area contributed by atoms with Crippen molar-refractivity contribution in [1.82, 2.24) is 9.55 Å². The quantitative estimate of drug-likeness (QED) is 0.749. The van der Waals surface area contributed by atoms with Gasteiger partial charge in [0.15, 0.2) is 0 Å². The van der Waals surface area contributed by atoms with Gasteiger partial charge in [-0.3, -0.25) is 14.2 Å². The minimum Gasteiger partial charge on any atom is -0.480 e. The number of nitrogens with zero attached hydrogens (tertiary/aromatic N) is 2. The number of aliphatic carboxylic acids is 1. The summed E-state index contributed by atoms with van der Waals surface area (Å²) in [5, 5.41) is 8.54. The van der Waals surface area contributed by atoms with Gasteiger partial charge in [-0.1, -0.05) is 6.92 Å². The van der Waals surface area contributed by atoms with Crippen molar-refractivity contribution in [2.75, 3.05) is 0 Å². The molecule has 14 heavy (non-hydrogen) atoms. The maximum absolute atomic E-state index is 11.6. The molecule has 0 aromatic carbocycles. The van der Waals surface area contributed by atoms with Crippen LogP contribution in [0.2, 0.25) is 0 Å². The summed E-state index contributed by atoms with van der Waals surface area (Å²) in [5.41, 5.74) is 0.982. The fraction of sp³-hybridized carbons (Fsp3) is 0.444. The number of hydrogen-bond acceptors (Lipinski definition) is 3. The average molecular weight is 196 g/mol. The second-order valence-electron chi connectivity index (χ2n) is 2.99. The Balaban J connectivity index is 3.22. The molecule has 5 nitrogen and oxygen atoms in total.